The fraction of sp³-hybridized carbons (Fsp3) is 0.684. The number of nitrogens with zero attached hydrogens (tertiary/aromatic N) is 2. The van der Waals surface area contributed by atoms with Crippen molar-refractivity contribution in [2.45, 2.75) is 53.0 Å². The van der Waals surface area contributed by atoms with Gasteiger partial charge in [0.25, 0.3) is 0 Å². The highest BCUT2D eigenvalue weighted by Crippen LogP contribution is 2.21. The molecule has 0 aliphatic heterocycles. The lowest BCUT2D eigenvalue weighted by Gasteiger charge is -2.23. The monoisotopic (exact) mass is 478 g/mol. The van der Waals surface area contributed by atoms with E-state index < -0.39 is 0 Å². The molecule has 1 aromatic rings. The van der Waals surface area contributed by atoms with Crippen molar-refractivity contribution in [3.8, 4) is 0 Å². The summed E-state index contributed by atoms with van der Waals surface area (Å²) < 4.78 is 5.34. The molecule has 1 rings (SSSR count). The highest BCUT2D eigenvalue weighted by molar-refractivity contribution is 14.0. The van der Waals surface area contributed by atoms with Gasteiger partial charge in [-0.05, 0) is 37.3 Å². The molecule has 1 aromatic heterocycles. The predicted octanol–water partition coefficient (Wildman–Crippen LogP) is 3.28. The second-order valence-corrected chi connectivity index (χ2v) is 7.85. The van der Waals surface area contributed by atoms with E-state index in [0.717, 1.165) is 25.0 Å². The van der Waals surface area contributed by atoms with Crippen LogP contribution in [0.1, 0.15) is 46.3 Å². The largest absolute Gasteiger partial charge is 0.469 e. The average Bonchev–Trinajstić information content (AvgIpc) is 3.02. The van der Waals surface area contributed by atoms with Gasteiger partial charge in [0.05, 0.1) is 6.26 Å². The topological polar surface area (TPSA) is 69.9 Å². The van der Waals surface area contributed by atoms with Crippen molar-refractivity contribution in [3.63, 3.8) is 0 Å². The average molecular weight is 478 g/mol. The lowest BCUT2D eigenvalue weighted by atomic mass is 9.89. The second-order valence-electron chi connectivity index (χ2n) is 7.85. The zero-order chi connectivity index (χ0) is 18.9. The van der Waals surface area contributed by atoms with Crippen molar-refractivity contribution in [2.75, 3.05) is 27.2 Å². The van der Waals surface area contributed by atoms with Crippen LogP contribution in [0.25, 0.3) is 0 Å². The van der Waals surface area contributed by atoms with Gasteiger partial charge in [-0.25, -0.2) is 4.99 Å². The molecule has 7 heteroatoms. The molecule has 150 valence electrons. The molecule has 1 unspecified atom stereocenters. The maximum Gasteiger partial charge on any atom is 0.243 e. The molecule has 2 N–H and O–H groups in total. The third-order valence-electron chi connectivity index (χ3n) is 3.83. The molecule has 0 bridgehead atoms. The molecule has 0 radical (unpaired) electrons. The minimum atomic E-state index is -0.0190. The fourth-order valence-corrected chi connectivity index (χ4v) is 2.15. The van der Waals surface area contributed by atoms with Crippen LogP contribution in [0.15, 0.2) is 27.8 Å². The Morgan fingerprint density at radius 2 is 2.04 bits per heavy atom. The van der Waals surface area contributed by atoms with Crippen molar-refractivity contribution in [2.24, 2.45) is 10.4 Å². The number of nitrogens with one attached hydrogen (secondary N) is 2. The van der Waals surface area contributed by atoms with Gasteiger partial charge in [-0.1, -0.05) is 20.8 Å². The van der Waals surface area contributed by atoms with E-state index in [0.29, 0.717) is 17.9 Å². The summed E-state index contributed by atoms with van der Waals surface area (Å²) in [6.45, 7) is 9.70. The first kappa shape index (κ1) is 24.8. The van der Waals surface area contributed by atoms with Crippen LogP contribution >= 0.6 is 24.0 Å². The van der Waals surface area contributed by atoms with Gasteiger partial charge in [0, 0.05) is 33.1 Å². The van der Waals surface area contributed by atoms with Crippen LogP contribution in [0.3, 0.4) is 0 Å². The van der Waals surface area contributed by atoms with Crippen LogP contribution in [-0.4, -0.2) is 50.0 Å². The summed E-state index contributed by atoms with van der Waals surface area (Å²) in [6, 6.07) is 4.11. The Morgan fingerprint density at radius 1 is 1.35 bits per heavy atom. The number of carbonyl (C=O) groups is 1. The minimum Gasteiger partial charge on any atom is -0.469 e. The molecule has 0 aromatic carbocycles. The van der Waals surface area contributed by atoms with Gasteiger partial charge in [0.2, 0.25) is 5.91 Å². The van der Waals surface area contributed by atoms with Crippen molar-refractivity contribution >= 4 is 35.8 Å². The summed E-state index contributed by atoms with van der Waals surface area (Å²) in [5.74, 6) is 1.58. The minimum absolute atomic E-state index is 0. The van der Waals surface area contributed by atoms with Gasteiger partial charge in [-0.2, -0.15) is 0 Å². The highest BCUT2D eigenvalue weighted by atomic mass is 127. The lowest BCUT2D eigenvalue weighted by molar-refractivity contribution is -0.127. The maximum absolute atomic E-state index is 11.8. The van der Waals surface area contributed by atoms with Crippen molar-refractivity contribution < 1.29 is 9.21 Å². The number of halogens is 1. The molecule has 1 atom stereocenters. The molecule has 0 aliphatic carbocycles. The predicted molar refractivity (Wildman–Crippen MR) is 118 cm³/mol. The summed E-state index contributed by atoms with van der Waals surface area (Å²) in [5.41, 5.74) is 0.306. The Kier molecular flexibility index (Phi) is 11.6. The molecule has 0 aliphatic rings. The van der Waals surface area contributed by atoms with Gasteiger partial charge in [0.15, 0.2) is 5.96 Å². The number of hydrogen-bond donors (Lipinski definition) is 2. The number of hydrogen-bond acceptors (Lipinski definition) is 3. The SMILES string of the molecule is CC(CCC(C)(C)C)NC(=NCC(=O)N(C)C)NCCc1ccco1.I. The van der Waals surface area contributed by atoms with E-state index in [1.807, 2.05) is 12.1 Å². The van der Waals surface area contributed by atoms with Gasteiger partial charge >= 0.3 is 0 Å². The summed E-state index contributed by atoms with van der Waals surface area (Å²) >= 11 is 0. The molecule has 0 fully saturated rings. The summed E-state index contributed by atoms with van der Waals surface area (Å²) in [5, 5.41) is 6.69. The normalized spacial score (nSPS) is 12.9. The first-order valence-electron chi connectivity index (χ1n) is 8.95. The maximum atomic E-state index is 11.8. The van der Waals surface area contributed by atoms with Crippen molar-refractivity contribution in [1.82, 2.24) is 15.5 Å². The zero-order valence-corrected chi connectivity index (χ0v) is 19.3. The van der Waals surface area contributed by atoms with E-state index in [4.69, 9.17) is 4.42 Å². The van der Waals surface area contributed by atoms with Crippen molar-refractivity contribution in [3.05, 3.63) is 24.2 Å². The van der Waals surface area contributed by atoms with E-state index in [2.05, 4.69) is 43.3 Å². The number of likely N-dealkylation sites (N-methyl/N-ethyl adjacent to an activating group) is 1. The van der Waals surface area contributed by atoms with Gasteiger partial charge in [-0.15, -0.1) is 24.0 Å². The molecule has 26 heavy (non-hydrogen) atoms. The molecule has 0 saturated carbocycles. The quantitative estimate of drug-likeness (QED) is 0.342. The lowest BCUT2D eigenvalue weighted by Crippen LogP contribution is -2.44. The smallest absolute Gasteiger partial charge is 0.243 e. The number of carbonyl (C=O) groups excluding carboxylic acids is 1. The van der Waals surface area contributed by atoms with Gasteiger partial charge < -0.3 is 20.0 Å². The first-order chi connectivity index (χ1) is 11.7. The van der Waals surface area contributed by atoms with Crippen LogP contribution < -0.4 is 10.6 Å². The van der Waals surface area contributed by atoms with Crippen LogP contribution in [0.2, 0.25) is 0 Å². The van der Waals surface area contributed by atoms with Crippen LogP contribution in [0, 0.1) is 5.41 Å². The number of guanidine groups is 1. The Bertz CT molecular complexity index is 536. The third-order valence-corrected chi connectivity index (χ3v) is 3.83. The number of rotatable bonds is 8. The van der Waals surface area contributed by atoms with Crippen LogP contribution in [-0.2, 0) is 11.2 Å². The molecule has 0 saturated heterocycles. The van der Waals surface area contributed by atoms with E-state index in [1.54, 1.807) is 25.3 Å². The highest BCUT2D eigenvalue weighted by Gasteiger charge is 2.14. The molecule has 0 spiro atoms. The van der Waals surface area contributed by atoms with E-state index in [-0.39, 0.29) is 42.5 Å². The van der Waals surface area contributed by atoms with Gasteiger partial charge in [0.1, 0.15) is 12.3 Å². The fourth-order valence-electron chi connectivity index (χ4n) is 2.15. The number of amides is 1. The molecule has 6 nitrogen and oxygen atoms in total. The molecular formula is C19H35IN4O2. The molecule has 1 amide bonds. The van der Waals surface area contributed by atoms with E-state index >= 15 is 0 Å². The third kappa shape index (κ3) is 11.4. The molecule has 1 heterocycles. The Labute approximate surface area is 175 Å². The Hall–Kier alpha value is -1.25. The van der Waals surface area contributed by atoms with Gasteiger partial charge in [-0.3, -0.25) is 4.79 Å². The van der Waals surface area contributed by atoms with Crippen LogP contribution in [0.5, 0.6) is 0 Å². The Balaban J connectivity index is 0.00000625. The Morgan fingerprint density at radius 3 is 2.58 bits per heavy atom. The number of furan rings is 1. The van der Waals surface area contributed by atoms with Crippen LogP contribution in [0.4, 0.5) is 0 Å². The second kappa shape index (κ2) is 12.2. The van der Waals surface area contributed by atoms with E-state index in [1.165, 1.54) is 0 Å². The van der Waals surface area contributed by atoms with Crippen molar-refractivity contribution in [1.29, 1.82) is 0 Å². The first-order valence-corrected chi connectivity index (χ1v) is 8.95. The zero-order valence-electron chi connectivity index (χ0n) is 17.0. The standard InChI is InChI=1S/C19H34N4O2.HI/c1-15(9-11-19(2,3)4)22-18(21-14-17(24)23(5)6)20-12-10-16-8-7-13-25-16;/h7-8,13,15H,9-12,14H2,1-6H3,(H2,20,21,22);1H. The number of aliphatic imine (C=N–C) groups is 1. The summed E-state index contributed by atoms with van der Waals surface area (Å²) in [7, 11) is 3.47. The summed E-state index contributed by atoms with van der Waals surface area (Å²) in [4.78, 5) is 17.8. The molecular weight excluding hydrogens is 443 g/mol. The van der Waals surface area contributed by atoms with E-state index in [9.17, 15) is 4.79 Å². The summed E-state index contributed by atoms with van der Waals surface area (Å²) in [6.07, 6.45) is 4.61.